The summed E-state index contributed by atoms with van der Waals surface area (Å²) < 4.78 is 0. The van der Waals surface area contributed by atoms with Crippen LogP contribution in [-0.4, -0.2) is 70.9 Å². The second kappa shape index (κ2) is 5.22. The molecule has 8 nitrogen and oxygen atoms in total. The first-order valence-corrected chi connectivity index (χ1v) is 6.72. The Morgan fingerprint density at radius 1 is 1.30 bits per heavy atom. The Bertz CT molecular complexity index is 517. The number of rotatable bonds is 3. The number of nitrogens with one attached hydrogen (secondary N) is 2. The monoisotopic (exact) mass is 279 g/mol. The molecular weight excluding hydrogens is 262 g/mol. The first-order chi connectivity index (χ1) is 9.65. The first kappa shape index (κ1) is 13.1. The van der Waals surface area contributed by atoms with Crippen LogP contribution in [0.1, 0.15) is 10.5 Å². The van der Waals surface area contributed by atoms with Crippen LogP contribution >= 0.6 is 0 Å². The van der Waals surface area contributed by atoms with E-state index in [-0.39, 0.29) is 17.4 Å². The van der Waals surface area contributed by atoms with E-state index in [4.69, 9.17) is 0 Å². The number of likely N-dealkylation sites (tertiary alicyclic amines) is 1. The molecule has 1 aromatic rings. The topological polar surface area (TPSA) is 94.5 Å². The van der Waals surface area contributed by atoms with Crippen molar-refractivity contribution in [1.29, 1.82) is 0 Å². The maximum atomic E-state index is 12.1. The summed E-state index contributed by atoms with van der Waals surface area (Å²) in [6.07, 6.45) is 0. The average Bonchev–Trinajstić information content (AvgIpc) is 2.88. The number of nitrogens with zero attached hydrogens (tertiary/aromatic N) is 3. The van der Waals surface area contributed by atoms with Gasteiger partial charge in [-0.05, 0) is 11.0 Å². The van der Waals surface area contributed by atoms with Crippen LogP contribution in [-0.2, 0) is 0 Å². The Hall–Kier alpha value is -1.93. The summed E-state index contributed by atoms with van der Waals surface area (Å²) in [4.78, 5) is 28.8. The molecule has 0 unspecified atom stereocenters. The SMILES string of the molecule is O=C(c1ccc([N+](=O)[O-])[nH]1)N1CC(N2CCNCC2)C1. The van der Waals surface area contributed by atoms with E-state index in [9.17, 15) is 14.9 Å². The van der Waals surface area contributed by atoms with Gasteiger partial charge in [-0.1, -0.05) is 0 Å². The second-order valence-corrected chi connectivity index (χ2v) is 5.16. The fourth-order valence-corrected chi connectivity index (χ4v) is 2.68. The lowest BCUT2D eigenvalue weighted by atomic mass is 10.1. The molecule has 3 heterocycles. The van der Waals surface area contributed by atoms with Crippen molar-refractivity contribution < 1.29 is 9.72 Å². The zero-order valence-corrected chi connectivity index (χ0v) is 11.0. The number of aromatic nitrogens is 1. The Kier molecular flexibility index (Phi) is 3.41. The molecule has 3 rings (SSSR count). The molecule has 20 heavy (non-hydrogen) atoms. The highest BCUT2D eigenvalue weighted by atomic mass is 16.6. The van der Waals surface area contributed by atoms with Crippen LogP contribution in [0.2, 0.25) is 0 Å². The standard InChI is InChI=1S/C12H17N5O3/c18-12(10-1-2-11(14-10)17(19)20)16-7-9(8-16)15-5-3-13-4-6-15/h1-2,9,13-14H,3-8H2. The number of hydrogen-bond donors (Lipinski definition) is 2. The Morgan fingerprint density at radius 3 is 2.60 bits per heavy atom. The quantitative estimate of drug-likeness (QED) is 0.582. The molecule has 0 saturated carbocycles. The smallest absolute Gasteiger partial charge is 0.321 e. The first-order valence-electron chi connectivity index (χ1n) is 6.72. The summed E-state index contributed by atoms with van der Waals surface area (Å²) in [6.45, 7) is 5.42. The lowest BCUT2D eigenvalue weighted by Gasteiger charge is -2.46. The molecule has 1 amide bonds. The molecule has 0 radical (unpaired) electrons. The molecule has 0 spiro atoms. The molecule has 1 aromatic heterocycles. The molecular formula is C12H17N5O3. The minimum Gasteiger partial charge on any atom is -0.358 e. The van der Waals surface area contributed by atoms with Crippen molar-refractivity contribution in [3.8, 4) is 0 Å². The van der Waals surface area contributed by atoms with Gasteiger partial charge < -0.3 is 20.3 Å². The van der Waals surface area contributed by atoms with Crippen molar-refractivity contribution in [3.05, 3.63) is 27.9 Å². The van der Waals surface area contributed by atoms with Crippen molar-refractivity contribution in [2.75, 3.05) is 39.3 Å². The van der Waals surface area contributed by atoms with Gasteiger partial charge in [0.25, 0.3) is 5.91 Å². The largest absolute Gasteiger partial charge is 0.358 e. The predicted molar refractivity (Wildman–Crippen MR) is 71.6 cm³/mol. The van der Waals surface area contributed by atoms with Crippen LogP contribution in [0.5, 0.6) is 0 Å². The summed E-state index contributed by atoms with van der Waals surface area (Å²) in [5.41, 5.74) is 0.287. The van der Waals surface area contributed by atoms with Crippen LogP contribution in [0.25, 0.3) is 0 Å². The van der Waals surface area contributed by atoms with Gasteiger partial charge in [0.15, 0.2) is 5.69 Å². The molecule has 0 aliphatic carbocycles. The summed E-state index contributed by atoms with van der Waals surface area (Å²) >= 11 is 0. The van der Waals surface area contributed by atoms with Crippen LogP contribution < -0.4 is 5.32 Å². The highest BCUT2D eigenvalue weighted by Gasteiger charge is 2.36. The Labute approximate surface area is 115 Å². The molecule has 8 heteroatoms. The third-order valence-corrected chi connectivity index (χ3v) is 3.92. The molecule has 108 valence electrons. The minimum atomic E-state index is -0.531. The molecule has 2 aliphatic heterocycles. The lowest BCUT2D eigenvalue weighted by Crippen LogP contribution is -2.63. The van der Waals surface area contributed by atoms with E-state index >= 15 is 0 Å². The number of carbonyl (C=O) groups is 1. The van der Waals surface area contributed by atoms with Gasteiger partial charge in [0.1, 0.15) is 0 Å². The fourth-order valence-electron chi connectivity index (χ4n) is 2.68. The van der Waals surface area contributed by atoms with E-state index < -0.39 is 4.92 Å². The molecule has 2 saturated heterocycles. The molecule has 2 N–H and O–H groups in total. The Morgan fingerprint density at radius 2 is 2.00 bits per heavy atom. The number of carbonyl (C=O) groups excluding carboxylic acids is 1. The third-order valence-electron chi connectivity index (χ3n) is 3.92. The van der Waals surface area contributed by atoms with Gasteiger partial charge in [0.2, 0.25) is 0 Å². The molecule has 2 aliphatic rings. The van der Waals surface area contributed by atoms with Crippen LogP contribution in [0.15, 0.2) is 12.1 Å². The van der Waals surface area contributed by atoms with Gasteiger partial charge in [0, 0.05) is 51.4 Å². The normalized spacial score (nSPS) is 20.7. The fraction of sp³-hybridized carbons (Fsp3) is 0.583. The molecule has 0 aromatic carbocycles. The van der Waals surface area contributed by atoms with E-state index in [1.165, 1.54) is 12.1 Å². The number of piperazine rings is 1. The van der Waals surface area contributed by atoms with Gasteiger partial charge in [-0.15, -0.1) is 0 Å². The lowest BCUT2D eigenvalue weighted by molar-refractivity contribution is -0.389. The molecule has 0 bridgehead atoms. The third kappa shape index (κ3) is 2.39. The summed E-state index contributed by atoms with van der Waals surface area (Å²) in [6, 6.07) is 3.21. The summed E-state index contributed by atoms with van der Waals surface area (Å²) in [5.74, 6) is -0.308. The zero-order valence-electron chi connectivity index (χ0n) is 11.0. The molecule has 0 atom stereocenters. The van der Waals surface area contributed by atoms with E-state index in [1.807, 2.05) is 0 Å². The molecule has 2 fully saturated rings. The van der Waals surface area contributed by atoms with Gasteiger partial charge in [0.05, 0.1) is 0 Å². The number of H-pyrrole nitrogens is 1. The van der Waals surface area contributed by atoms with Crippen molar-refractivity contribution in [1.82, 2.24) is 20.1 Å². The van der Waals surface area contributed by atoms with Crippen molar-refractivity contribution in [2.45, 2.75) is 6.04 Å². The Balaban J connectivity index is 1.55. The van der Waals surface area contributed by atoms with E-state index in [0.29, 0.717) is 19.1 Å². The number of hydrogen-bond acceptors (Lipinski definition) is 5. The highest BCUT2D eigenvalue weighted by molar-refractivity contribution is 5.93. The maximum Gasteiger partial charge on any atom is 0.321 e. The number of aromatic amines is 1. The summed E-state index contributed by atoms with van der Waals surface area (Å²) in [7, 11) is 0. The highest BCUT2D eigenvalue weighted by Crippen LogP contribution is 2.19. The van der Waals surface area contributed by atoms with Crippen LogP contribution in [0, 0.1) is 10.1 Å². The van der Waals surface area contributed by atoms with Crippen molar-refractivity contribution in [3.63, 3.8) is 0 Å². The van der Waals surface area contributed by atoms with Crippen LogP contribution in [0.3, 0.4) is 0 Å². The summed E-state index contributed by atoms with van der Waals surface area (Å²) in [5, 5.41) is 13.9. The van der Waals surface area contributed by atoms with Gasteiger partial charge in [-0.3, -0.25) is 9.69 Å². The average molecular weight is 279 g/mol. The van der Waals surface area contributed by atoms with Crippen molar-refractivity contribution in [2.24, 2.45) is 0 Å². The number of amides is 1. The minimum absolute atomic E-state index is 0.146. The zero-order chi connectivity index (χ0) is 14.1. The van der Waals surface area contributed by atoms with E-state index in [0.717, 1.165) is 26.2 Å². The van der Waals surface area contributed by atoms with E-state index in [1.54, 1.807) is 4.90 Å². The second-order valence-electron chi connectivity index (χ2n) is 5.16. The van der Waals surface area contributed by atoms with Crippen LogP contribution in [0.4, 0.5) is 5.82 Å². The maximum absolute atomic E-state index is 12.1. The van der Waals surface area contributed by atoms with Crippen molar-refractivity contribution >= 4 is 11.7 Å². The van der Waals surface area contributed by atoms with Gasteiger partial charge in [-0.25, -0.2) is 4.98 Å². The van der Waals surface area contributed by atoms with Gasteiger partial charge in [-0.2, -0.15) is 0 Å². The number of nitro groups is 1. The van der Waals surface area contributed by atoms with E-state index in [2.05, 4.69) is 15.2 Å². The van der Waals surface area contributed by atoms with Gasteiger partial charge >= 0.3 is 5.82 Å². The predicted octanol–water partition coefficient (Wildman–Crippen LogP) is -0.348.